The second kappa shape index (κ2) is 9.32. The molecule has 0 fully saturated rings. The summed E-state index contributed by atoms with van der Waals surface area (Å²) in [6.07, 6.45) is 6.91. The summed E-state index contributed by atoms with van der Waals surface area (Å²) in [7, 11) is 0. The molecule has 0 heterocycles. The van der Waals surface area contributed by atoms with Gasteiger partial charge in [0.1, 0.15) is 5.82 Å². The van der Waals surface area contributed by atoms with Gasteiger partial charge in [0.15, 0.2) is 0 Å². The molecule has 1 heteroatoms. The summed E-state index contributed by atoms with van der Waals surface area (Å²) >= 11 is 0. The molecule has 138 valence electrons. The van der Waals surface area contributed by atoms with Crippen molar-refractivity contribution >= 4 is 12.2 Å². The van der Waals surface area contributed by atoms with Gasteiger partial charge < -0.3 is 0 Å². The molecule has 1 atom stereocenters. The van der Waals surface area contributed by atoms with Crippen LogP contribution in [-0.2, 0) is 12.8 Å². The smallest absolute Gasteiger partial charge is 0.130 e. The fraction of sp³-hybridized carbons (Fsp3) is 0.231. The molecule has 0 aliphatic heterocycles. The first kappa shape index (κ1) is 19.1. The first-order chi connectivity index (χ1) is 13.2. The molecule has 0 spiro atoms. The van der Waals surface area contributed by atoms with Gasteiger partial charge in [0.2, 0.25) is 0 Å². The summed E-state index contributed by atoms with van der Waals surface area (Å²) in [5, 5.41) is 0. The van der Waals surface area contributed by atoms with E-state index in [1.165, 1.54) is 11.1 Å². The van der Waals surface area contributed by atoms with Crippen LogP contribution in [0.3, 0.4) is 0 Å². The fourth-order valence-corrected chi connectivity index (χ4v) is 3.36. The van der Waals surface area contributed by atoms with Gasteiger partial charge in [-0.05, 0) is 47.1 Å². The second-order valence-corrected chi connectivity index (χ2v) is 7.20. The van der Waals surface area contributed by atoms with Crippen molar-refractivity contribution in [3.63, 3.8) is 0 Å². The van der Waals surface area contributed by atoms with Crippen molar-refractivity contribution in [1.82, 2.24) is 0 Å². The number of hydrogen-bond donors (Lipinski definition) is 0. The normalized spacial score (nSPS) is 12.4. The molecule has 0 amide bonds. The summed E-state index contributed by atoms with van der Waals surface area (Å²) in [5.74, 6) is 0.209. The third kappa shape index (κ3) is 5.40. The average Bonchev–Trinajstić information content (AvgIpc) is 2.69. The average molecular weight is 358 g/mol. The highest BCUT2D eigenvalue weighted by atomic mass is 19.1. The van der Waals surface area contributed by atoms with Crippen LogP contribution in [0, 0.1) is 5.82 Å². The van der Waals surface area contributed by atoms with Crippen LogP contribution in [0.1, 0.15) is 54.0 Å². The molecule has 0 N–H and O–H groups in total. The molecule has 0 saturated carbocycles. The minimum absolute atomic E-state index is 0.161. The number of rotatable bonds is 7. The van der Waals surface area contributed by atoms with E-state index >= 15 is 0 Å². The Balaban J connectivity index is 1.67. The Hall–Kier alpha value is -2.67. The maximum atomic E-state index is 14.5. The molecule has 27 heavy (non-hydrogen) atoms. The van der Waals surface area contributed by atoms with Gasteiger partial charge >= 0.3 is 0 Å². The Morgan fingerprint density at radius 2 is 1.56 bits per heavy atom. The van der Waals surface area contributed by atoms with Crippen LogP contribution < -0.4 is 0 Å². The molecule has 0 unspecified atom stereocenters. The Kier molecular flexibility index (Phi) is 6.59. The van der Waals surface area contributed by atoms with Crippen molar-refractivity contribution in [2.24, 2.45) is 0 Å². The third-order valence-electron chi connectivity index (χ3n) is 4.95. The second-order valence-electron chi connectivity index (χ2n) is 7.20. The molecule has 0 aromatic heterocycles. The van der Waals surface area contributed by atoms with Gasteiger partial charge in [-0.3, -0.25) is 0 Å². The Morgan fingerprint density at radius 3 is 2.22 bits per heavy atom. The van der Waals surface area contributed by atoms with Crippen LogP contribution in [0.2, 0.25) is 0 Å². The fourth-order valence-electron chi connectivity index (χ4n) is 3.36. The van der Waals surface area contributed by atoms with Gasteiger partial charge in [-0.1, -0.05) is 99.2 Å². The van der Waals surface area contributed by atoms with Crippen LogP contribution >= 0.6 is 0 Å². The van der Waals surface area contributed by atoms with Gasteiger partial charge in [0, 0.05) is 5.56 Å². The lowest BCUT2D eigenvalue weighted by atomic mass is 9.93. The van der Waals surface area contributed by atoms with E-state index in [2.05, 4.69) is 62.4 Å². The zero-order chi connectivity index (χ0) is 19.1. The summed E-state index contributed by atoms with van der Waals surface area (Å²) in [6, 6.07) is 24.4. The molecule has 3 rings (SSSR count). The Morgan fingerprint density at radius 1 is 0.852 bits per heavy atom. The maximum Gasteiger partial charge on any atom is 0.130 e. The molecule has 0 radical (unpaired) electrons. The standard InChI is InChI=1S/C26H27F/c1-3-7-21-10-12-22(13-11-21)14-16-25-17-15-23(19-26(25)27)18-20(2)24-8-5-4-6-9-24/h4-6,8-17,19-20H,3,7,18H2,1-2H3/t20-/m1/s1. The van der Waals surface area contributed by atoms with Crippen molar-refractivity contribution in [3.8, 4) is 0 Å². The Labute approximate surface area is 162 Å². The Bertz CT molecular complexity index is 876. The highest BCUT2D eigenvalue weighted by Crippen LogP contribution is 2.22. The largest absolute Gasteiger partial charge is 0.206 e. The molecule has 3 aromatic rings. The highest BCUT2D eigenvalue weighted by Gasteiger charge is 2.08. The van der Waals surface area contributed by atoms with Crippen LogP contribution in [0.25, 0.3) is 12.2 Å². The number of hydrogen-bond acceptors (Lipinski definition) is 0. The summed E-state index contributed by atoms with van der Waals surface area (Å²) < 4.78 is 14.5. The lowest BCUT2D eigenvalue weighted by Gasteiger charge is -2.12. The molecule has 0 bridgehead atoms. The predicted octanol–water partition coefficient (Wildman–Crippen LogP) is 7.29. The molecule has 0 saturated heterocycles. The van der Waals surface area contributed by atoms with Crippen LogP contribution in [-0.4, -0.2) is 0 Å². The van der Waals surface area contributed by atoms with E-state index in [-0.39, 0.29) is 5.82 Å². The van der Waals surface area contributed by atoms with Crippen molar-refractivity contribution < 1.29 is 4.39 Å². The molecular formula is C26H27F. The SMILES string of the molecule is CCCc1ccc(C=Cc2ccc(C[C@@H](C)c3ccccc3)cc2F)cc1. The number of aryl methyl sites for hydroxylation is 1. The van der Waals surface area contributed by atoms with Gasteiger partial charge in [-0.15, -0.1) is 0 Å². The van der Waals surface area contributed by atoms with E-state index in [0.29, 0.717) is 11.5 Å². The van der Waals surface area contributed by atoms with Gasteiger partial charge in [0.25, 0.3) is 0 Å². The lowest BCUT2D eigenvalue weighted by Crippen LogP contribution is -1.99. The van der Waals surface area contributed by atoms with E-state index in [1.807, 2.05) is 30.4 Å². The molecule has 0 nitrogen and oxygen atoms in total. The highest BCUT2D eigenvalue weighted by molar-refractivity contribution is 5.70. The molecule has 0 aliphatic carbocycles. The minimum Gasteiger partial charge on any atom is -0.206 e. The zero-order valence-electron chi connectivity index (χ0n) is 16.2. The van der Waals surface area contributed by atoms with E-state index < -0.39 is 0 Å². The number of benzene rings is 3. The van der Waals surface area contributed by atoms with Crippen molar-refractivity contribution in [2.45, 2.75) is 39.0 Å². The van der Waals surface area contributed by atoms with Crippen molar-refractivity contribution in [2.75, 3.05) is 0 Å². The topological polar surface area (TPSA) is 0 Å². The van der Waals surface area contributed by atoms with Crippen molar-refractivity contribution in [1.29, 1.82) is 0 Å². The summed E-state index contributed by atoms with van der Waals surface area (Å²) in [5.41, 5.74) is 5.39. The van der Waals surface area contributed by atoms with E-state index in [4.69, 9.17) is 0 Å². The van der Waals surface area contributed by atoms with Crippen LogP contribution in [0.5, 0.6) is 0 Å². The molecular weight excluding hydrogens is 331 g/mol. The maximum absolute atomic E-state index is 14.5. The van der Waals surface area contributed by atoms with Crippen LogP contribution in [0.15, 0.2) is 72.8 Å². The molecule has 3 aromatic carbocycles. The van der Waals surface area contributed by atoms with E-state index in [9.17, 15) is 4.39 Å². The summed E-state index contributed by atoms with van der Waals surface area (Å²) in [6.45, 7) is 4.37. The zero-order valence-corrected chi connectivity index (χ0v) is 16.2. The molecule has 0 aliphatic rings. The first-order valence-electron chi connectivity index (χ1n) is 9.76. The van der Waals surface area contributed by atoms with Crippen molar-refractivity contribution in [3.05, 3.63) is 106 Å². The summed E-state index contributed by atoms with van der Waals surface area (Å²) in [4.78, 5) is 0. The van der Waals surface area contributed by atoms with Gasteiger partial charge in [0.05, 0.1) is 0 Å². The first-order valence-corrected chi connectivity index (χ1v) is 9.76. The lowest BCUT2D eigenvalue weighted by molar-refractivity contribution is 0.620. The van der Waals surface area contributed by atoms with Gasteiger partial charge in [-0.25, -0.2) is 4.39 Å². The minimum atomic E-state index is -0.161. The van der Waals surface area contributed by atoms with E-state index in [0.717, 1.165) is 30.4 Å². The third-order valence-corrected chi connectivity index (χ3v) is 4.95. The quantitative estimate of drug-likeness (QED) is 0.389. The van der Waals surface area contributed by atoms with Gasteiger partial charge in [-0.2, -0.15) is 0 Å². The number of halogens is 1. The predicted molar refractivity (Wildman–Crippen MR) is 114 cm³/mol. The monoisotopic (exact) mass is 358 g/mol. The van der Waals surface area contributed by atoms with Crippen LogP contribution in [0.4, 0.5) is 4.39 Å². The van der Waals surface area contributed by atoms with E-state index in [1.54, 1.807) is 6.07 Å².